The van der Waals surface area contributed by atoms with Crippen molar-refractivity contribution in [3.05, 3.63) is 53.2 Å². The summed E-state index contributed by atoms with van der Waals surface area (Å²) in [5, 5.41) is 9.00. The molecule has 2 heterocycles. The van der Waals surface area contributed by atoms with Crippen LogP contribution in [0.2, 0.25) is 0 Å². The van der Waals surface area contributed by atoms with Crippen LogP contribution in [-0.4, -0.2) is 28.3 Å². The number of hydrogen-bond donors (Lipinski definition) is 1. The maximum Gasteiger partial charge on any atom is 0.230 e. The first-order valence-electron chi connectivity index (χ1n) is 9.04. The van der Waals surface area contributed by atoms with Gasteiger partial charge in [0.05, 0.1) is 10.6 Å². The van der Waals surface area contributed by atoms with Gasteiger partial charge < -0.3 is 9.84 Å². The molecular weight excluding hydrogens is 378 g/mol. The molecule has 5 nitrogen and oxygen atoms in total. The third kappa shape index (κ3) is 6.22. The number of nitrogens with zero attached hydrogens (tertiary/aromatic N) is 2. The minimum Gasteiger partial charge on any atom is -0.355 e. The molecule has 3 aromatic rings. The average Bonchev–Trinajstić information content (AvgIpc) is 3.35. The zero-order valence-corrected chi connectivity index (χ0v) is 16.9. The minimum atomic E-state index is 0.0840. The van der Waals surface area contributed by atoms with Crippen LogP contribution in [0.3, 0.4) is 0 Å². The van der Waals surface area contributed by atoms with Gasteiger partial charge in [-0.05, 0) is 42.8 Å². The lowest BCUT2D eigenvalue weighted by molar-refractivity contribution is -0.118. The number of rotatable bonds is 10. The van der Waals surface area contributed by atoms with Gasteiger partial charge in [0.1, 0.15) is 0 Å². The number of carbonyl (C=O) groups is 1. The molecule has 0 atom stereocenters. The third-order valence-electron chi connectivity index (χ3n) is 4.05. The van der Waals surface area contributed by atoms with Crippen molar-refractivity contribution in [1.82, 2.24) is 15.5 Å². The van der Waals surface area contributed by atoms with E-state index in [0.717, 1.165) is 35.5 Å². The Bertz CT molecular complexity index is 847. The lowest BCUT2D eigenvalue weighted by Gasteiger charge is -2.06. The van der Waals surface area contributed by atoms with E-state index in [-0.39, 0.29) is 5.91 Å². The number of nitrogens with one attached hydrogen (secondary N) is 1. The first kappa shape index (κ1) is 19.6. The maximum atomic E-state index is 11.9. The fourth-order valence-corrected chi connectivity index (χ4v) is 4.09. The van der Waals surface area contributed by atoms with E-state index < -0.39 is 0 Å². The second kappa shape index (κ2) is 10.3. The number of aromatic nitrogens is 2. The van der Waals surface area contributed by atoms with Crippen molar-refractivity contribution in [3.63, 3.8) is 0 Å². The summed E-state index contributed by atoms with van der Waals surface area (Å²) in [6.07, 6.45) is 3.71. The van der Waals surface area contributed by atoms with E-state index in [4.69, 9.17) is 4.52 Å². The van der Waals surface area contributed by atoms with Gasteiger partial charge in [-0.25, -0.2) is 0 Å². The zero-order chi connectivity index (χ0) is 18.9. The van der Waals surface area contributed by atoms with E-state index in [1.54, 1.807) is 23.1 Å². The summed E-state index contributed by atoms with van der Waals surface area (Å²) >= 11 is 3.19. The Labute approximate surface area is 167 Å². The number of hydrogen-bond acceptors (Lipinski definition) is 6. The van der Waals surface area contributed by atoms with Gasteiger partial charge in [0.2, 0.25) is 17.6 Å². The van der Waals surface area contributed by atoms with Gasteiger partial charge in [-0.3, -0.25) is 4.79 Å². The fraction of sp³-hybridized carbons (Fsp3) is 0.350. The summed E-state index contributed by atoms with van der Waals surface area (Å²) in [5.74, 6) is 1.88. The van der Waals surface area contributed by atoms with Crippen molar-refractivity contribution < 1.29 is 9.32 Å². The van der Waals surface area contributed by atoms with E-state index in [9.17, 15) is 4.79 Å². The Hall–Kier alpha value is -2.12. The molecule has 0 unspecified atom stereocenters. The molecule has 0 saturated carbocycles. The highest BCUT2D eigenvalue weighted by atomic mass is 32.2. The van der Waals surface area contributed by atoms with Gasteiger partial charge in [-0.2, -0.15) is 4.98 Å². The van der Waals surface area contributed by atoms with Gasteiger partial charge in [-0.1, -0.05) is 35.8 Å². The van der Waals surface area contributed by atoms with Gasteiger partial charge in [0, 0.05) is 17.9 Å². The van der Waals surface area contributed by atoms with Crippen LogP contribution in [0.15, 0.2) is 51.2 Å². The minimum absolute atomic E-state index is 0.0840. The molecule has 3 rings (SSSR count). The largest absolute Gasteiger partial charge is 0.355 e. The van der Waals surface area contributed by atoms with Crippen molar-refractivity contribution in [2.45, 2.75) is 37.5 Å². The van der Waals surface area contributed by atoms with E-state index in [1.807, 2.05) is 29.6 Å². The van der Waals surface area contributed by atoms with Crippen molar-refractivity contribution in [2.24, 2.45) is 0 Å². The van der Waals surface area contributed by atoms with Crippen LogP contribution in [0.25, 0.3) is 10.7 Å². The molecule has 142 valence electrons. The van der Waals surface area contributed by atoms with Crippen molar-refractivity contribution >= 4 is 29.0 Å². The number of carbonyl (C=O) groups excluding carboxylic acids is 1. The summed E-state index contributed by atoms with van der Waals surface area (Å²) < 4.78 is 5.29. The molecule has 1 aromatic carbocycles. The molecule has 0 fully saturated rings. The van der Waals surface area contributed by atoms with Gasteiger partial charge in [0.15, 0.2) is 0 Å². The number of thiophene rings is 1. The second-order valence-corrected chi connectivity index (χ2v) is 8.17. The van der Waals surface area contributed by atoms with Crippen molar-refractivity contribution in [1.29, 1.82) is 0 Å². The number of benzene rings is 1. The van der Waals surface area contributed by atoms with Crippen molar-refractivity contribution in [2.75, 3.05) is 12.3 Å². The van der Waals surface area contributed by atoms with E-state index >= 15 is 0 Å². The number of thioether (sulfide) groups is 1. The Kier molecular flexibility index (Phi) is 7.47. The predicted molar refractivity (Wildman–Crippen MR) is 110 cm³/mol. The number of aryl methyl sites for hydroxylation is 2. The molecule has 0 aliphatic rings. The highest BCUT2D eigenvalue weighted by Crippen LogP contribution is 2.22. The predicted octanol–water partition coefficient (Wildman–Crippen LogP) is 4.73. The molecule has 2 aromatic heterocycles. The molecule has 0 saturated heterocycles. The molecule has 0 aliphatic carbocycles. The smallest absolute Gasteiger partial charge is 0.230 e. The second-order valence-electron chi connectivity index (χ2n) is 6.20. The Morgan fingerprint density at radius 2 is 2.07 bits per heavy atom. The fourth-order valence-electron chi connectivity index (χ4n) is 2.58. The van der Waals surface area contributed by atoms with Crippen LogP contribution in [0, 0.1) is 6.92 Å². The van der Waals surface area contributed by atoms with Crippen LogP contribution in [0.4, 0.5) is 0 Å². The molecular formula is C20H23N3O2S2. The number of unbranched alkanes of at least 4 members (excludes halogenated alkanes) is 2. The molecule has 7 heteroatoms. The van der Waals surface area contributed by atoms with Gasteiger partial charge >= 0.3 is 0 Å². The summed E-state index contributed by atoms with van der Waals surface area (Å²) in [7, 11) is 0. The van der Waals surface area contributed by atoms with Crippen LogP contribution in [0.5, 0.6) is 0 Å². The Morgan fingerprint density at radius 1 is 1.19 bits per heavy atom. The van der Waals surface area contributed by atoms with Crippen LogP contribution < -0.4 is 5.32 Å². The van der Waals surface area contributed by atoms with Gasteiger partial charge in [0.25, 0.3) is 0 Å². The summed E-state index contributed by atoms with van der Waals surface area (Å²) in [5.41, 5.74) is 1.21. The lowest BCUT2D eigenvalue weighted by atomic mass is 10.2. The Balaban J connectivity index is 1.26. The monoisotopic (exact) mass is 401 g/mol. The highest BCUT2D eigenvalue weighted by molar-refractivity contribution is 8.00. The highest BCUT2D eigenvalue weighted by Gasteiger charge is 2.09. The van der Waals surface area contributed by atoms with Crippen molar-refractivity contribution in [3.8, 4) is 10.7 Å². The average molecular weight is 402 g/mol. The SMILES string of the molecule is Cc1ccccc1SCC(=O)NCCCCCc1nc(-c2cccs2)no1. The van der Waals surface area contributed by atoms with E-state index in [1.165, 1.54) is 5.56 Å². The first-order valence-corrected chi connectivity index (χ1v) is 10.9. The molecule has 0 aliphatic heterocycles. The van der Waals surface area contributed by atoms with Crippen LogP contribution in [0.1, 0.15) is 30.7 Å². The topological polar surface area (TPSA) is 68.0 Å². The molecule has 0 radical (unpaired) electrons. The summed E-state index contributed by atoms with van der Waals surface area (Å²) in [6, 6.07) is 12.1. The Morgan fingerprint density at radius 3 is 2.89 bits per heavy atom. The standard InChI is InChI=1S/C20H23N3O2S2/c1-15-8-4-5-9-16(15)27-14-18(24)21-12-6-2-3-11-19-22-20(23-25-19)17-10-7-13-26-17/h4-5,7-10,13H,2-3,6,11-12,14H2,1H3,(H,21,24). The molecule has 0 bridgehead atoms. The quantitative estimate of drug-likeness (QED) is 0.393. The molecule has 1 N–H and O–H groups in total. The summed E-state index contributed by atoms with van der Waals surface area (Å²) in [6.45, 7) is 2.77. The normalized spacial score (nSPS) is 10.9. The zero-order valence-electron chi connectivity index (χ0n) is 15.3. The molecule has 0 spiro atoms. The van der Waals surface area contributed by atoms with Crippen LogP contribution in [-0.2, 0) is 11.2 Å². The molecule has 1 amide bonds. The maximum absolute atomic E-state index is 11.9. The summed E-state index contributed by atoms with van der Waals surface area (Å²) in [4.78, 5) is 18.5. The molecule has 27 heavy (non-hydrogen) atoms. The lowest BCUT2D eigenvalue weighted by Crippen LogP contribution is -2.26. The van der Waals surface area contributed by atoms with Gasteiger partial charge in [-0.15, -0.1) is 23.1 Å². The van der Waals surface area contributed by atoms with E-state index in [0.29, 0.717) is 24.0 Å². The van der Waals surface area contributed by atoms with E-state index in [2.05, 4.69) is 34.5 Å². The first-order chi connectivity index (χ1) is 13.2. The number of amides is 1. The third-order valence-corrected chi connectivity index (χ3v) is 6.09. The van der Waals surface area contributed by atoms with Crippen LogP contribution >= 0.6 is 23.1 Å².